The monoisotopic (exact) mass is 314 g/mol. The van der Waals surface area contributed by atoms with Gasteiger partial charge in [0, 0.05) is 18.6 Å². The third kappa shape index (κ3) is 4.57. The van der Waals surface area contributed by atoms with Crippen LogP contribution in [0.3, 0.4) is 0 Å². The molecule has 2 atom stereocenters. The Bertz CT molecular complexity index is 398. The van der Waals surface area contributed by atoms with Gasteiger partial charge in [-0.3, -0.25) is 0 Å². The average molecular weight is 314 g/mol. The molecule has 0 aromatic heterocycles. The van der Waals surface area contributed by atoms with E-state index in [2.05, 4.69) is 5.32 Å². The van der Waals surface area contributed by atoms with E-state index in [1.165, 1.54) is 0 Å². The van der Waals surface area contributed by atoms with Crippen molar-refractivity contribution < 1.29 is 19.4 Å². The van der Waals surface area contributed by atoms with Crippen LogP contribution in [-0.2, 0) is 9.47 Å². The predicted octanol–water partition coefficient (Wildman–Crippen LogP) is 2.29. The lowest BCUT2D eigenvalue weighted by atomic mass is 9.93. The normalized spacial score (nSPS) is 29.9. The molecule has 0 spiro atoms. The number of rotatable bonds is 6. The molecule has 0 radical (unpaired) electrons. The molecule has 2 fully saturated rings. The summed E-state index contributed by atoms with van der Waals surface area (Å²) in [5.41, 5.74) is -0.232. The maximum Gasteiger partial charge on any atom is 0.407 e. The maximum absolute atomic E-state index is 11.2. The van der Waals surface area contributed by atoms with Crippen LogP contribution >= 0.6 is 0 Å². The number of ether oxygens (including phenoxy) is 2. The quantitative estimate of drug-likeness (QED) is 0.736. The molecule has 6 nitrogen and oxygen atoms in total. The number of nitrogens with one attached hydrogen (secondary N) is 1. The van der Waals surface area contributed by atoms with Crippen LogP contribution in [0.2, 0.25) is 0 Å². The summed E-state index contributed by atoms with van der Waals surface area (Å²) < 4.78 is 11.3. The van der Waals surface area contributed by atoms with Crippen molar-refractivity contribution in [2.45, 2.75) is 64.4 Å². The average Bonchev–Trinajstić information content (AvgIpc) is 2.88. The van der Waals surface area contributed by atoms with Gasteiger partial charge in [0.05, 0.1) is 12.7 Å². The summed E-state index contributed by atoms with van der Waals surface area (Å²) >= 11 is 0. The van der Waals surface area contributed by atoms with E-state index in [1.807, 2.05) is 27.7 Å². The fourth-order valence-electron chi connectivity index (χ4n) is 3.56. The van der Waals surface area contributed by atoms with Crippen molar-refractivity contribution in [3.8, 4) is 0 Å². The topological polar surface area (TPSA) is 71.0 Å². The van der Waals surface area contributed by atoms with E-state index in [0.29, 0.717) is 19.1 Å². The summed E-state index contributed by atoms with van der Waals surface area (Å²) in [4.78, 5) is 12.8. The first-order valence-electron chi connectivity index (χ1n) is 8.23. The van der Waals surface area contributed by atoms with Crippen molar-refractivity contribution >= 4 is 6.09 Å². The Balaban J connectivity index is 1.59. The van der Waals surface area contributed by atoms with Gasteiger partial charge in [0.25, 0.3) is 0 Å². The van der Waals surface area contributed by atoms with Gasteiger partial charge in [-0.2, -0.15) is 0 Å². The van der Waals surface area contributed by atoms with Crippen molar-refractivity contribution in [2.24, 2.45) is 5.92 Å². The van der Waals surface area contributed by atoms with E-state index in [-0.39, 0.29) is 11.6 Å². The molecule has 0 saturated carbocycles. The van der Waals surface area contributed by atoms with Crippen molar-refractivity contribution in [3.63, 3.8) is 0 Å². The number of carboxylic acid groups (broad SMARTS) is 1. The lowest BCUT2D eigenvalue weighted by molar-refractivity contribution is -0.137. The first kappa shape index (κ1) is 17.5. The van der Waals surface area contributed by atoms with Crippen LogP contribution in [0.1, 0.15) is 47.0 Å². The molecular weight excluding hydrogens is 284 g/mol. The number of likely N-dealkylation sites (tertiary alicyclic amines) is 1. The number of hydrogen-bond donors (Lipinski definition) is 2. The van der Waals surface area contributed by atoms with Gasteiger partial charge in [0.1, 0.15) is 0 Å². The first-order valence-corrected chi connectivity index (χ1v) is 8.23. The Morgan fingerprint density at radius 2 is 2.09 bits per heavy atom. The van der Waals surface area contributed by atoms with Gasteiger partial charge in [0.2, 0.25) is 0 Å². The van der Waals surface area contributed by atoms with Crippen LogP contribution in [0.4, 0.5) is 4.79 Å². The van der Waals surface area contributed by atoms with Crippen LogP contribution in [0.25, 0.3) is 0 Å². The SMILES string of the molecule is CC1(C)OCC(CNCCC[C@@H]2CN(C(=O)O)C(C)(C)C2)O1. The molecule has 0 aromatic carbocycles. The van der Waals surface area contributed by atoms with Crippen LogP contribution in [0.15, 0.2) is 0 Å². The number of nitrogens with zero attached hydrogens (tertiary/aromatic N) is 1. The highest BCUT2D eigenvalue weighted by Gasteiger charge is 2.40. The largest absolute Gasteiger partial charge is 0.465 e. The molecule has 0 aliphatic carbocycles. The molecular formula is C16H30N2O4. The minimum absolute atomic E-state index is 0.128. The van der Waals surface area contributed by atoms with Gasteiger partial charge >= 0.3 is 6.09 Å². The summed E-state index contributed by atoms with van der Waals surface area (Å²) in [6.45, 7) is 10.9. The Hall–Kier alpha value is -0.850. The lowest BCUT2D eigenvalue weighted by Crippen LogP contribution is -2.41. The molecule has 2 rings (SSSR count). The molecule has 6 heteroatoms. The van der Waals surface area contributed by atoms with Crippen molar-refractivity contribution in [2.75, 3.05) is 26.2 Å². The Labute approximate surface area is 133 Å². The minimum atomic E-state index is -0.799. The molecule has 128 valence electrons. The number of hydrogen-bond acceptors (Lipinski definition) is 4. The van der Waals surface area contributed by atoms with Crippen LogP contribution in [-0.4, -0.2) is 59.8 Å². The summed E-state index contributed by atoms with van der Waals surface area (Å²) in [6, 6.07) is 0. The molecule has 2 aliphatic rings. The smallest absolute Gasteiger partial charge is 0.407 e. The first-order chi connectivity index (χ1) is 10.2. The van der Waals surface area contributed by atoms with E-state index >= 15 is 0 Å². The van der Waals surface area contributed by atoms with Gasteiger partial charge in [-0.25, -0.2) is 4.79 Å². The molecule has 0 aromatic rings. The zero-order valence-electron chi connectivity index (χ0n) is 14.2. The van der Waals surface area contributed by atoms with Crippen molar-refractivity contribution in [1.29, 1.82) is 0 Å². The highest BCUT2D eigenvalue weighted by molar-refractivity contribution is 5.66. The molecule has 2 aliphatic heterocycles. The Kier molecular flexibility index (Phi) is 5.35. The minimum Gasteiger partial charge on any atom is -0.465 e. The molecule has 0 bridgehead atoms. The molecule has 2 heterocycles. The summed E-state index contributed by atoms with van der Waals surface area (Å²) in [7, 11) is 0. The standard InChI is InChI=1S/C16H30N2O4/c1-15(2)8-12(10-18(15)14(19)20)6-5-7-17-9-13-11-21-16(3,4)22-13/h12-13,17H,5-11H2,1-4H3,(H,19,20)/t12-,13?/m0/s1. The molecule has 1 amide bonds. The zero-order chi connectivity index (χ0) is 16.4. The number of amides is 1. The van der Waals surface area contributed by atoms with Gasteiger partial charge in [0.15, 0.2) is 5.79 Å². The summed E-state index contributed by atoms with van der Waals surface area (Å²) in [5.74, 6) is 0.0140. The Morgan fingerprint density at radius 1 is 1.36 bits per heavy atom. The van der Waals surface area contributed by atoms with Crippen LogP contribution in [0, 0.1) is 5.92 Å². The highest BCUT2D eigenvalue weighted by atomic mass is 16.7. The zero-order valence-corrected chi connectivity index (χ0v) is 14.2. The predicted molar refractivity (Wildman–Crippen MR) is 83.9 cm³/mol. The molecule has 22 heavy (non-hydrogen) atoms. The van der Waals surface area contributed by atoms with Gasteiger partial charge in [-0.1, -0.05) is 0 Å². The second-order valence-corrected chi connectivity index (χ2v) is 7.57. The Morgan fingerprint density at radius 3 is 2.64 bits per heavy atom. The maximum atomic E-state index is 11.2. The van der Waals surface area contributed by atoms with E-state index in [4.69, 9.17) is 9.47 Å². The fourth-order valence-corrected chi connectivity index (χ4v) is 3.56. The summed E-state index contributed by atoms with van der Waals surface area (Å²) in [6.07, 6.45) is 2.40. The van der Waals surface area contributed by atoms with Crippen LogP contribution in [0.5, 0.6) is 0 Å². The highest BCUT2D eigenvalue weighted by Crippen LogP contribution is 2.34. The van der Waals surface area contributed by atoms with E-state index in [0.717, 1.165) is 32.4 Å². The molecule has 2 N–H and O–H groups in total. The van der Waals surface area contributed by atoms with Crippen molar-refractivity contribution in [1.82, 2.24) is 10.2 Å². The van der Waals surface area contributed by atoms with E-state index < -0.39 is 11.9 Å². The van der Waals surface area contributed by atoms with Gasteiger partial charge in [-0.15, -0.1) is 0 Å². The molecule has 1 unspecified atom stereocenters. The van der Waals surface area contributed by atoms with E-state index in [9.17, 15) is 9.90 Å². The second-order valence-electron chi connectivity index (χ2n) is 7.57. The van der Waals surface area contributed by atoms with E-state index in [1.54, 1.807) is 4.90 Å². The second kappa shape index (κ2) is 6.72. The lowest BCUT2D eigenvalue weighted by Gasteiger charge is -2.28. The third-order valence-electron chi connectivity index (χ3n) is 4.60. The van der Waals surface area contributed by atoms with Crippen molar-refractivity contribution in [3.05, 3.63) is 0 Å². The number of carbonyl (C=O) groups is 1. The van der Waals surface area contributed by atoms with Gasteiger partial charge < -0.3 is 24.8 Å². The fraction of sp³-hybridized carbons (Fsp3) is 0.938. The summed E-state index contributed by atoms with van der Waals surface area (Å²) in [5, 5.41) is 12.6. The van der Waals surface area contributed by atoms with Gasteiger partial charge in [-0.05, 0) is 59.4 Å². The third-order valence-corrected chi connectivity index (χ3v) is 4.60. The molecule has 2 saturated heterocycles. The van der Waals surface area contributed by atoms with Crippen LogP contribution < -0.4 is 5.32 Å².